The van der Waals surface area contributed by atoms with Crippen LogP contribution in [0.5, 0.6) is 0 Å². The predicted molar refractivity (Wildman–Crippen MR) is 159 cm³/mol. The van der Waals surface area contributed by atoms with Crippen LogP contribution in [0.4, 0.5) is 30.5 Å². The molecule has 4 rings (SSSR count). The number of nitrogens with zero attached hydrogens (tertiary/aromatic N) is 5. The Morgan fingerprint density at radius 2 is 1.89 bits per heavy atom. The second-order valence-corrected chi connectivity index (χ2v) is 10.7. The molecule has 1 aromatic carbocycles. The van der Waals surface area contributed by atoms with E-state index in [2.05, 4.69) is 40.5 Å². The van der Waals surface area contributed by atoms with Crippen LogP contribution in [0.3, 0.4) is 0 Å². The quantitative estimate of drug-likeness (QED) is 0.123. The lowest BCUT2D eigenvalue weighted by atomic mass is 10.1. The van der Waals surface area contributed by atoms with E-state index in [9.17, 15) is 27.6 Å². The van der Waals surface area contributed by atoms with Crippen molar-refractivity contribution in [3.05, 3.63) is 77.5 Å². The molecule has 238 valence electrons. The van der Waals surface area contributed by atoms with Gasteiger partial charge in [0, 0.05) is 61.4 Å². The Kier molecular flexibility index (Phi) is 11.1. The summed E-state index contributed by atoms with van der Waals surface area (Å²) in [5, 5.41) is 21.9. The van der Waals surface area contributed by atoms with E-state index in [1.54, 1.807) is 53.5 Å². The predicted octanol–water partition coefficient (Wildman–Crippen LogP) is 4.31. The van der Waals surface area contributed by atoms with Crippen molar-refractivity contribution >= 4 is 31.5 Å². The SMILES string of the molecule is CNC(=O)c1nc(-c2cnn(CC(C)CO)c2)ccc1NCCc1nc(Nc2ccc(CO[P+](=O)O)cc2)ncc1C(F)(F)F. The van der Waals surface area contributed by atoms with Crippen molar-refractivity contribution in [3.63, 3.8) is 0 Å². The van der Waals surface area contributed by atoms with Gasteiger partial charge in [-0.05, 0) is 35.7 Å². The number of carbonyl (C=O) groups is 1. The molecule has 2 atom stereocenters. The number of anilines is 3. The third-order valence-corrected chi connectivity index (χ3v) is 6.83. The van der Waals surface area contributed by atoms with Gasteiger partial charge in [0.15, 0.2) is 5.69 Å². The third-order valence-electron chi connectivity index (χ3n) is 6.48. The maximum atomic E-state index is 13.8. The molecule has 5 N–H and O–H groups in total. The maximum absolute atomic E-state index is 13.8. The first-order chi connectivity index (χ1) is 21.5. The monoisotopic (exact) mass is 647 g/mol. The summed E-state index contributed by atoms with van der Waals surface area (Å²) in [7, 11) is -1.30. The molecule has 3 aromatic heterocycles. The number of aromatic nitrogens is 5. The first kappa shape index (κ1) is 33.4. The fourth-order valence-electron chi connectivity index (χ4n) is 4.19. The first-order valence-electron chi connectivity index (χ1n) is 13.7. The van der Waals surface area contributed by atoms with Gasteiger partial charge in [0.25, 0.3) is 5.91 Å². The van der Waals surface area contributed by atoms with E-state index in [1.165, 1.54) is 7.05 Å². The number of nitrogens with one attached hydrogen (secondary N) is 3. The van der Waals surface area contributed by atoms with Crippen LogP contribution in [0.25, 0.3) is 11.3 Å². The Morgan fingerprint density at radius 3 is 2.56 bits per heavy atom. The Hall–Kier alpha value is -4.50. The lowest BCUT2D eigenvalue weighted by Crippen LogP contribution is -2.22. The number of halogens is 3. The summed E-state index contributed by atoms with van der Waals surface area (Å²) in [6.07, 6.45) is -0.807. The number of pyridine rings is 1. The zero-order valence-electron chi connectivity index (χ0n) is 24.2. The van der Waals surface area contributed by atoms with E-state index in [-0.39, 0.29) is 49.4 Å². The van der Waals surface area contributed by atoms with Crippen molar-refractivity contribution in [1.29, 1.82) is 0 Å². The number of rotatable bonds is 14. The number of amides is 1. The number of benzene rings is 1. The van der Waals surface area contributed by atoms with E-state index >= 15 is 0 Å². The van der Waals surface area contributed by atoms with Crippen LogP contribution in [0.15, 0.2) is 55.0 Å². The lowest BCUT2D eigenvalue weighted by molar-refractivity contribution is -0.138. The van der Waals surface area contributed by atoms with Gasteiger partial charge in [-0.15, -0.1) is 9.42 Å². The zero-order valence-corrected chi connectivity index (χ0v) is 25.1. The molecule has 4 aromatic rings. The summed E-state index contributed by atoms with van der Waals surface area (Å²) in [5.74, 6) is -0.558. The van der Waals surface area contributed by atoms with Crippen LogP contribution in [0.1, 0.15) is 34.2 Å². The van der Waals surface area contributed by atoms with Gasteiger partial charge in [-0.3, -0.25) is 9.48 Å². The van der Waals surface area contributed by atoms with Crippen molar-refractivity contribution in [2.75, 3.05) is 30.8 Å². The van der Waals surface area contributed by atoms with E-state index in [1.807, 2.05) is 6.92 Å². The molecule has 0 fully saturated rings. The van der Waals surface area contributed by atoms with Crippen LogP contribution >= 0.6 is 8.25 Å². The normalized spacial score (nSPS) is 12.5. The molecule has 17 heteroatoms. The number of hydrogen-bond donors (Lipinski definition) is 5. The second kappa shape index (κ2) is 15.0. The molecule has 0 radical (unpaired) electrons. The molecule has 0 aliphatic carbocycles. The number of aliphatic hydroxyl groups is 1. The van der Waals surface area contributed by atoms with Crippen molar-refractivity contribution in [3.8, 4) is 11.3 Å². The largest absolute Gasteiger partial charge is 0.695 e. The molecule has 45 heavy (non-hydrogen) atoms. The molecule has 0 aliphatic heterocycles. The summed E-state index contributed by atoms with van der Waals surface area (Å²) in [6.45, 7) is 2.28. The van der Waals surface area contributed by atoms with Crippen molar-refractivity contribution in [1.82, 2.24) is 30.0 Å². The van der Waals surface area contributed by atoms with Gasteiger partial charge in [0.1, 0.15) is 6.61 Å². The topological polar surface area (TPSA) is 176 Å². The molecule has 2 unspecified atom stereocenters. The summed E-state index contributed by atoms with van der Waals surface area (Å²) in [4.78, 5) is 33.8. The highest BCUT2D eigenvalue weighted by molar-refractivity contribution is 7.32. The van der Waals surface area contributed by atoms with Gasteiger partial charge in [-0.25, -0.2) is 15.0 Å². The molecular formula is C28H31F3N8O5P+. The van der Waals surface area contributed by atoms with Crippen LogP contribution in [-0.2, 0) is 34.8 Å². The first-order valence-corrected chi connectivity index (χ1v) is 14.8. The lowest BCUT2D eigenvalue weighted by Gasteiger charge is -2.15. The molecular weight excluding hydrogens is 616 g/mol. The third kappa shape index (κ3) is 9.25. The standard InChI is InChI=1S/C28H30F3N8O5P/c1-17(15-40)13-39-14-19(11-35-39)22-7-8-24(25(37-22)26(41)32-2)33-10-9-23-21(28(29,30)31)12-34-27(38-23)36-20-5-3-18(4-6-20)16-44-45(42)43/h3-8,11-12,14,17,40H,9-10,13,15-16H2,1-2H3,(H3-,32,33,34,36,38,41,42,43)/p+1. The molecule has 0 spiro atoms. The van der Waals surface area contributed by atoms with E-state index in [0.29, 0.717) is 40.9 Å². The van der Waals surface area contributed by atoms with E-state index < -0.39 is 25.9 Å². The van der Waals surface area contributed by atoms with Crippen LogP contribution < -0.4 is 16.0 Å². The van der Waals surface area contributed by atoms with Crippen LogP contribution in [0.2, 0.25) is 0 Å². The molecule has 0 saturated carbocycles. The Balaban J connectivity index is 1.49. The van der Waals surface area contributed by atoms with Gasteiger partial charge < -0.3 is 21.1 Å². The zero-order chi connectivity index (χ0) is 32.6. The highest BCUT2D eigenvalue weighted by Crippen LogP contribution is 2.32. The van der Waals surface area contributed by atoms with Gasteiger partial charge in [-0.1, -0.05) is 19.1 Å². The van der Waals surface area contributed by atoms with Crippen molar-refractivity contribution < 1.29 is 37.1 Å². The van der Waals surface area contributed by atoms with Gasteiger partial charge >= 0.3 is 14.4 Å². The second-order valence-electron chi connectivity index (χ2n) is 9.97. The number of alkyl halides is 3. The molecule has 1 amide bonds. The molecule has 0 saturated heterocycles. The molecule has 0 bridgehead atoms. The molecule has 3 heterocycles. The van der Waals surface area contributed by atoms with Crippen molar-refractivity contribution in [2.24, 2.45) is 5.92 Å². The Labute approximate surface area is 256 Å². The van der Waals surface area contributed by atoms with Gasteiger partial charge in [0.05, 0.1) is 28.8 Å². The fourth-order valence-corrected chi connectivity index (χ4v) is 4.45. The highest BCUT2D eigenvalue weighted by Gasteiger charge is 2.35. The number of carbonyl (C=O) groups excluding carboxylic acids is 1. The smallest absolute Gasteiger partial charge is 0.396 e. The summed E-state index contributed by atoms with van der Waals surface area (Å²) in [6, 6.07) is 9.71. The molecule has 13 nitrogen and oxygen atoms in total. The van der Waals surface area contributed by atoms with Gasteiger partial charge in [-0.2, -0.15) is 18.3 Å². The summed E-state index contributed by atoms with van der Waals surface area (Å²) in [5.41, 5.74) is 1.32. The fraction of sp³-hybridized carbons (Fsp3) is 0.321. The van der Waals surface area contributed by atoms with Gasteiger partial charge in [0.2, 0.25) is 5.95 Å². The average Bonchev–Trinajstić information content (AvgIpc) is 3.48. The van der Waals surface area contributed by atoms with E-state index in [4.69, 9.17) is 4.89 Å². The minimum absolute atomic E-state index is 0.00141. The van der Waals surface area contributed by atoms with Crippen LogP contribution in [-0.4, -0.2) is 60.8 Å². The Bertz CT molecular complexity index is 1640. The van der Waals surface area contributed by atoms with Crippen molar-refractivity contribution in [2.45, 2.75) is 32.7 Å². The summed E-state index contributed by atoms with van der Waals surface area (Å²) >= 11 is 0. The summed E-state index contributed by atoms with van der Waals surface area (Å²) < 4.78 is 58.4. The minimum Gasteiger partial charge on any atom is -0.396 e. The highest BCUT2D eigenvalue weighted by atomic mass is 31.1. The maximum Gasteiger partial charge on any atom is 0.695 e. The minimum atomic E-state index is -4.70. The molecule has 0 aliphatic rings. The van der Waals surface area contributed by atoms with Crippen LogP contribution in [0, 0.1) is 5.92 Å². The Morgan fingerprint density at radius 1 is 1.13 bits per heavy atom. The number of aliphatic hydroxyl groups excluding tert-OH is 1. The van der Waals surface area contributed by atoms with E-state index in [0.717, 1.165) is 0 Å². The number of hydrogen-bond acceptors (Lipinski definition) is 10. The average molecular weight is 648 g/mol.